The van der Waals surface area contributed by atoms with Gasteiger partial charge in [0, 0.05) is 18.3 Å². The average Bonchev–Trinajstić information content (AvgIpc) is 2.89. The molecular weight excluding hydrogens is 236 g/mol. The van der Waals surface area contributed by atoms with Gasteiger partial charge in [-0.25, -0.2) is 0 Å². The Bertz CT molecular complexity index is 539. The second-order valence-electron chi connectivity index (χ2n) is 3.60. The van der Waals surface area contributed by atoms with Crippen LogP contribution >= 0.6 is 0 Å². The Morgan fingerprint density at radius 2 is 2.39 bits per heavy atom. The summed E-state index contributed by atoms with van der Waals surface area (Å²) in [6.07, 6.45) is 3.38. The summed E-state index contributed by atoms with van der Waals surface area (Å²) in [5.74, 6) is 0.454. The summed E-state index contributed by atoms with van der Waals surface area (Å²) in [5, 5.41) is 20.4. The van der Waals surface area contributed by atoms with Crippen LogP contribution in [0.25, 0.3) is 0 Å². The lowest BCUT2D eigenvalue weighted by atomic mass is 10.2. The van der Waals surface area contributed by atoms with E-state index in [1.54, 1.807) is 24.5 Å². The first-order valence-electron chi connectivity index (χ1n) is 5.24. The summed E-state index contributed by atoms with van der Waals surface area (Å²) in [6.45, 7) is 0.462. The summed E-state index contributed by atoms with van der Waals surface area (Å²) in [4.78, 5) is 10.5. The Kier molecular flexibility index (Phi) is 3.42. The topological polar surface area (TPSA) is 93.1 Å². The molecule has 0 atom stereocenters. The van der Waals surface area contributed by atoms with E-state index < -0.39 is 4.92 Å². The quantitative estimate of drug-likeness (QED) is 0.623. The van der Waals surface area contributed by atoms with Crippen LogP contribution < -0.4 is 10.1 Å². The van der Waals surface area contributed by atoms with E-state index in [-0.39, 0.29) is 5.69 Å². The number of ether oxygens (including phenoxy) is 1. The Labute approximate surface area is 103 Å². The SMILES string of the molecule is COc1ccc(NCc2cn[nH]c2)c([N+](=O)[O-])c1. The second-order valence-corrected chi connectivity index (χ2v) is 3.60. The van der Waals surface area contributed by atoms with E-state index in [0.29, 0.717) is 18.0 Å². The second kappa shape index (κ2) is 5.17. The molecule has 0 fully saturated rings. The van der Waals surface area contributed by atoms with Gasteiger partial charge in [-0.3, -0.25) is 15.2 Å². The molecule has 0 spiro atoms. The lowest BCUT2D eigenvalue weighted by molar-refractivity contribution is -0.384. The smallest absolute Gasteiger partial charge is 0.296 e. The Morgan fingerprint density at radius 1 is 1.56 bits per heavy atom. The van der Waals surface area contributed by atoms with Crippen LogP contribution in [0.4, 0.5) is 11.4 Å². The van der Waals surface area contributed by atoms with Gasteiger partial charge in [-0.2, -0.15) is 5.10 Å². The van der Waals surface area contributed by atoms with Gasteiger partial charge in [0.05, 0.1) is 24.3 Å². The molecule has 0 aliphatic heterocycles. The van der Waals surface area contributed by atoms with Crippen LogP contribution in [0.1, 0.15) is 5.56 Å². The minimum absolute atomic E-state index is 0.0159. The predicted molar refractivity (Wildman–Crippen MR) is 65.6 cm³/mol. The number of anilines is 1. The van der Waals surface area contributed by atoms with Crippen LogP contribution in [0, 0.1) is 10.1 Å². The highest BCUT2D eigenvalue weighted by atomic mass is 16.6. The maximum atomic E-state index is 10.9. The van der Waals surface area contributed by atoms with Gasteiger partial charge in [0.15, 0.2) is 0 Å². The molecule has 0 saturated carbocycles. The number of aromatic nitrogens is 2. The van der Waals surface area contributed by atoms with Crippen LogP contribution in [0.3, 0.4) is 0 Å². The van der Waals surface area contributed by atoms with Gasteiger partial charge < -0.3 is 10.1 Å². The van der Waals surface area contributed by atoms with Gasteiger partial charge in [-0.05, 0) is 12.1 Å². The van der Waals surface area contributed by atoms with E-state index in [4.69, 9.17) is 4.74 Å². The summed E-state index contributed by atoms with van der Waals surface area (Å²) < 4.78 is 4.96. The zero-order chi connectivity index (χ0) is 13.0. The number of nitrogens with one attached hydrogen (secondary N) is 2. The molecule has 0 amide bonds. The normalized spacial score (nSPS) is 10.1. The van der Waals surface area contributed by atoms with E-state index in [1.165, 1.54) is 13.2 Å². The van der Waals surface area contributed by atoms with E-state index >= 15 is 0 Å². The van der Waals surface area contributed by atoms with E-state index in [2.05, 4.69) is 15.5 Å². The van der Waals surface area contributed by atoms with Crippen molar-refractivity contribution >= 4 is 11.4 Å². The molecule has 94 valence electrons. The highest BCUT2D eigenvalue weighted by molar-refractivity contribution is 5.63. The molecule has 0 unspecified atom stereocenters. The van der Waals surface area contributed by atoms with Crippen LogP contribution in [0.5, 0.6) is 5.75 Å². The highest BCUT2D eigenvalue weighted by Gasteiger charge is 2.14. The number of hydrogen-bond acceptors (Lipinski definition) is 5. The third kappa shape index (κ3) is 2.57. The first-order chi connectivity index (χ1) is 8.70. The molecule has 0 aliphatic rings. The number of H-pyrrole nitrogens is 1. The van der Waals surface area contributed by atoms with Crippen LogP contribution in [-0.2, 0) is 6.54 Å². The van der Waals surface area contributed by atoms with Gasteiger partial charge in [0.25, 0.3) is 5.69 Å². The number of nitrogens with zero attached hydrogens (tertiary/aromatic N) is 2. The highest BCUT2D eigenvalue weighted by Crippen LogP contribution is 2.29. The molecule has 7 nitrogen and oxygen atoms in total. The van der Waals surface area contributed by atoms with Crippen LogP contribution in [0.15, 0.2) is 30.6 Å². The lowest BCUT2D eigenvalue weighted by Gasteiger charge is -2.07. The minimum atomic E-state index is -0.444. The molecule has 0 radical (unpaired) electrons. The molecule has 1 aromatic carbocycles. The summed E-state index contributed by atoms with van der Waals surface area (Å²) in [5.41, 5.74) is 1.35. The molecule has 2 aromatic rings. The van der Waals surface area contributed by atoms with Gasteiger partial charge in [0.2, 0.25) is 0 Å². The lowest BCUT2D eigenvalue weighted by Crippen LogP contribution is -2.02. The molecule has 2 rings (SSSR count). The van der Waals surface area contributed by atoms with Crippen molar-refractivity contribution in [3.63, 3.8) is 0 Å². The van der Waals surface area contributed by atoms with Gasteiger partial charge >= 0.3 is 0 Å². The third-order valence-electron chi connectivity index (χ3n) is 2.44. The van der Waals surface area contributed by atoms with Crippen molar-refractivity contribution in [3.05, 3.63) is 46.3 Å². The molecule has 1 heterocycles. The molecule has 0 aliphatic carbocycles. The standard InChI is InChI=1S/C11H12N4O3/c1-18-9-2-3-10(11(4-9)15(16)17)12-5-8-6-13-14-7-8/h2-4,6-7,12H,5H2,1H3,(H,13,14). The minimum Gasteiger partial charge on any atom is -0.496 e. The number of aromatic amines is 1. The number of hydrogen-bond donors (Lipinski definition) is 2. The van der Waals surface area contributed by atoms with Crippen molar-refractivity contribution in [2.75, 3.05) is 12.4 Å². The monoisotopic (exact) mass is 248 g/mol. The van der Waals surface area contributed by atoms with E-state index in [0.717, 1.165) is 5.56 Å². The number of benzene rings is 1. The fourth-order valence-corrected chi connectivity index (χ4v) is 1.51. The number of methoxy groups -OCH3 is 1. The van der Waals surface area contributed by atoms with Crippen LogP contribution in [0.2, 0.25) is 0 Å². The first kappa shape index (κ1) is 11.9. The van der Waals surface area contributed by atoms with Gasteiger partial charge in [0.1, 0.15) is 11.4 Å². The van der Waals surface area contributed by atoms with Crippen molar-refractivity contribution in [1.29, 1.82) is 0 Å². The van der Waals surface area contributed by atoms with Crippen molar-refractivity contribution in [1.82, 2.24) is 10.2 Å². The predicted octanol–water partition coefficient (Wildman–Crippen LogP) is 1.94. The maximum Gasteiger partial charge on any atom is 0.296 e. The van der Waals surface area contributed by atoms with Crippen molar-refractivity contribution < 1.29 is 9.66 Å². The van der Waals surface area contributed by atoms with Crippen molar-refractivity contribution in [2.24, 2.45) is 0 Å². The Morgan fingerprint density at radius 3 is 3.00 bits per heavy atom. The number of nitro groups is 1. The maximum absolute atomic E-state index is 10.9. The molecular formula is C11H12N4O3. The first-order valence-corrected chi connectivity index (χ1v) is 5.24. The fourth-order valence-electron chi connectivity index (χ4n) is 1.51. The molecule has 18 heavy (non-hydrogen) atoms. The molecule has 2 N–H and O–H groups in total. The summed E-state index contributed by atoms with van der Waals surface area (Å²) >= 11 is 0. The zero-order valence-corrected chi connectivity index (χ0v) is 9.71. The number of rotatable bonds is 5. The summed E-state index contributed by atoms with van der Waals surface area (Å²) in [6, 6.07) is 4.68. The third-order valence-corrected chi connectivity index (χ3v) is 2.44. The van der Waals surface area contributed by atoms with Crippen molar-refractivity contribution in [2.45, 2.75) is 6.54 Å². The van der Waals surface area contributed by atoms with Gasteiger partial charge in [-0.1, -0.05) is 0 Å². The number of nitro benzene ring substituents is 1. The van der Waals surface area contributed by atoms with E-state index in [9.17, 15) is 10.1 Å². The molecule has 7 heteroatoms. The molecule has 0 saturated heterocycles. The van der Waals surface area contributed by atoms with Gasteiger partial charge in [-0.15, -0.1) is 0 Å². The molecule has 1 aromatic heterocycles. The zero-order valence-electron chi connectivity index (χ0n) is 9.71. The average molecular weight is 248 g/mol. The van der Waals surface area contributed by atoms with E-state index in [1.807, 2.05) is 0 Å². The Balaban J connectivity index is 2.18. The van der Waals surface area contributed by atoms with Crippen molar-refractivity contribution in [3.8, 4) is 5.75 Å². The fraction of sp³-hybridized carbons (Fsp3) is 0.182. The molecule has 0 bridgehead atoms. The largest absolute Gasteiger partial charge is 0.496 e. The Hall–Kier alpha value is -2.57. The summed E-state index contributed by atoms with van der Waals surface area (Å²) in [7, 11) is 1.47. The van der Waals surface area contributed by atoms with Crippen LogP contribution in [-0.4, -0.2) is 22.2 Å².